The molecule has 0 saturated carbocycles. The van der Waals surface area contributed by atoms with Gasteiger partial charge in [0.05, 0.1) is 23.2 Å². The van der Waals surface area contributed by atoms with Crippen LogP contribution < -0.4 is 14.9 Å². The smallest absolute Gasteiger partial charge is 0.253 e. The number of nitrogens with one attached hydrogen (secondary N) is 2. The van der Waals surface area contributed by atoms with Crippen molar-refractivity contribution in [1.82, 2.24) is 10.3 Å². The number of hydrogen-bond donors (Lipinski definition) is 2. The lowest BCUT2D eigenvalue weighted by Gasteiger charge is -2.24. The number of carbonyl (C=O) groups is 2. The molecule has 10 heteroatoms. The van der Waals surface area contributed by atoms with E-state index in [-0.39, 0.29) is 23.7 Å². The lowest BCUT2D eigenvalue weighted by molar-refractivity contribution is -0.114. The maximum atomic E-state index is 12.8. The zero-order valence-electron chi connectivity index (χ0n) is 18.1. The van der Waals surface area contributed by atoms with Gasteiger partial charge in [-0.3, -0.25) is 18.9 Å². The van der Waals surface area contributed by atoms with Gasteiger partial charge in [0.25, 0.3) is 5.91 Å². The molecule has 0 aliphatic rings. The van der Waals surface area contributed by atoms with Gasteiger partial charge in [0, 0.05) is 24.0 Å². The number of rotatable bonds is 8. The molecule has 33 heavy (non-hydrogen) atoms. The van der Waals surface area contributed by atoms with Gasteiger partial charge in [-0.25, -0.2) is 8.42 Å². The molecule has 172 valence electrons. The van der Waals surface area contributed by atoms with E-state index in [0.29, 0.717) is 16.3 Å². The van der Waals surface area contributed by atoms with Crippen LogP contribution in [0.15, 0.2) is 67.0 Å². The first-order chi connectivity index (χ1) is 15.6. The third-order valence-electron chi connectivity index (χ3n) is 4.74. The molecule has 8 nitrogen and oxygen atoms in total. The first-order valence-corrected chi connectivity index (χ1v) is 12.2. The molecule has 0 bridgehead atoms. The van der Waals surface area contributed by atoms with E-state index < -0.39 is 22.5 Å². The minimum Gasteiger partial charge on any atom is -0.348 e. The number of pyridine rings is 1. The summed E-state index contributed by atoms with van der Waals surface area (Å²) < 4.78 is 25.8. The van der Waals surface area contributed by atoms with Crippen molar-refractivity contribution in [3.63, 3.8) is 0 Å². The van der Waals surface area contributed by atoms with Crippen molar-refractivity contribution in [1.29, 1.82) is 0 Å². The van der Waals surface area contributed by atoms with Crippen LogP contribution in [0.1, 0.15) is 21.5 Å². The van der Waals surface area contributed by atoms with Crippen LogP contribution in [0.25, 0.3) is 0 Å². The standard InChI is InChI=1S/C23H23ClN4O4S/c1-16-12-18(24)9-10-21(16)28(33(2,31)32)15-22(29)27-20-8-4-3-7-19(20)23(30)26-14-17-6-5-11-25-13-17/h3-13H,14-15H2,1-2H3,(H,26,30)(H,27,29). The Bertz CT molecular complexity index is 1270. The predicted molar refractivity (Wildman–Crippen MR) is 129 cm³/mol. The van der Waals surface area contributed by atoms with E-state index in [4.69, 9.17) is 11.6 Å². The maximum Gasteiger partial charge on any atom is 0.253 e. The van der Waals surface area contributed by atoms with Crippen molar-refractivity contribution in [3.05, 3.63) is 88.7 Å². The van der Waals surface area contributed by atoms with Gasteiger partial charge >= 0.3 is 0 Å². The Balaban J connectivity index is 1.76. The summed E-state index contributed by atoms with van der Waals surface area (Å²) in [5, 5.41) is 5.89. The third kappa shape index (κ3) is 6.53. The first-order valence-electron chi connectivity index (χ1n) is 9.95. The zero-order valence-corrected chi connectivity index (χ0v) is 19.7. The fourth-order valence-corrected chi connectivity index (χ4v) is 4.31. The fraction of sp³-hybridized carbons (Fsp3) is 0.174. The van der Waals surface area contributed by atoms with Gasteiger partial charge in [0.1, 0.15) is 6.54 Å². The van der Waals surface area contributed by atoms with Crippen LogP contribution in [0.2, 0.25) is 5.02 Å². The molecular formula is C23H23ClN4O4S. The molecule has 0 aliphatic heterocycles. The van der Waals surface area contributed by atoms with E-state index in [2.05, 4.69) is 15.6 Å². The molecular weight excluding hydrogens is 464 g/mol. The second kappa shape index (κ2) is 10.5. The van der Waals surface area contributed by atoms with E-state index in [1.54, 1.807) is 67.8 Å². The molecule has 2 amide bonds. The summed E-state index contributed by atoms with van der Waals surface area (Å²) in [6.07, 6.45) is 4.31. The Kier molecular flexibility index (Phi) is 7.67. The Hall–Kier alpha value is -3.43. The fourth-order valence-electron chi connectivity index (χ4n) is 3.17. The van der Waals surface area contributed by atoms with Crippen molar-refractivity contribution >= 4 is 44.8 Å². The Morgan fingerprint density at radius 1 is 1.09 bits per heavy atom. The average Bonchev–Trinajstić information content (AvgIpc) is 2.77. The number of aromatic nitrogens is 1. The predicted octanol–water partition coefficient (Wildman–Crippen LogP) is 3.38. The highest BCUT2D eigenvalue weighted by molar-refractivity contribution is 7.92. The van der Waals surface area contributed by atoms with E-state index in [1.165, 1.54) is 0 Å². The molecule has 1 heterocycles. The minimum atomic E-state index is -3.76. The van der Waals surface area contributed by atoms with E-state index in [1.807, 2.05) is 6.07 Å². The van der Waals surface area contributed by atoms with Crippen LogP contribution in [-0.4, -0.2) is 38.0 Å². The van der Waals surface area contributed by atoms with Crippen molar-refractivity contribution in [3.8, 4) is 0 Å². The number of sulfonamides is 1. The lowest BCUT2D eigenvalue weighted by atomic mass is 10.1. The quantitative estimate of drug-likeness (QED) is 0.507. The highest BCUT2D eigenvalue weighted by Gasteiger charge is 2.23. The Morgan fingerprint density at radius 2 is 1.85 bits per heavy atom. The van der Waals surface area contributed by atoms with Crippen LogP contribution in [0.4, 0.5) is 11.4 Å². The molecule has 2 N–H and O–H groups in total. The van der Waals surface area contributed by atoms with Crippen molar-refractivity contribution in [2.75, 3.05) is 22.4 Å². The van der Waals surface area contributed by atoms with Gasteiger partial charge in [-0.05, 0) is 54.4 Å². The summed E-state index contributed by atoms with van der Waals surface area (Å²) in [6, 6.07) is 14.8. The van der Waals surface area contributed by atoms with Gasteiger partial charge in [-0.2, -0.15) is 0 Å². The number of benzene rings is 2. The molecule has 0 radical (unpaired) electrons. The van der Waals surface area contributed by atoms with Crippen molar-refractivity contribution < 1.29 is 18.0 Å². The van der Waals surface area contributed by atoms with E-state index in [9.17, 15) is 18.0 Å². The summed E-state index contributed by atoms with van der Waals surface area (Å²) in [5.74, 6) is -0.981. The molecule has 3 aromatic rings. The maximum absolute atomic E-state index is 12.8. The zero-order chi connectivity index (χ0) is 24.0. The Labute approximate surface area is 197 Å². The molecule has 1 aromatic heterocycles. The molecule has 0 spiro atoms. The molecule has 2 aromatic carbocycles. The minimum absolute atomic E-state index is 0.253. The number of nitrogens with zero attached hydrogens (tertiary/aromatic N) is 2. The number of carbonyl (C=O) groups excluding carboxylic acids is 2. The van der Waals surface area contributed by atoms with E-state index >= 15 is 0 Å². The van der Waals surface area contributed by atoms with E-state index in [0.717, 1.165) is 16.1 Å². The molecule has 0 fully saturated rings. The van der Waals surface area contributed by atoms with Gasteiger partial charge in [0.2, 0.25) is 15.9 Å². The highest BCUT2D eigenvalue weighted by atomic mass is 35.5. The van der Waals surface area contributed by atoms with Gasteiger partial charge in [0.15, 0.2) is 0 Å². The van der Waals surface area contributed by atoms with Crippen LogP contribution in [-0.2, 0) is 21.4 Å². The third-order valence-corrected chi connectivity index (χ3v) is 6.10. The van der Waals surface area contributed by atoms with Crippen molar-refractivity contribution in [2.24, 2.45) is 0 Å². The second-order valence-electron chi connectivity index (χ2n) is 7.34. The molecule has 0 unspecified atom stereocenters. The summed E-state index contributed by atoms with van der Waals surface area (Å²) in [5.41, 5.74) is 2.31. The molecule has 3 rings (SSSR count). The topological polar surface area (TPSA) is 108 Å². The van der Waals surface area contributed by atoms with Gasteiger partial charge in [-0.15, -0.1) is 0 Å². The highest BCUT2D eigenvalue weighted by Crippen LogP contribution is 2.25. The largest absolute Gasteiger partial charge is 0.348 e. The molecule has 0 atom stereocenters. The number of anilines is 2. The summed E-state index contributed by atoms with van der Waals surface area (Å²) in [6.45, 7) is 1.51. The van der Waals surface area contributed by atoms with Gasteiger partial charge in [-0.1, -0.05) is 29.8 Å². The second-order valence-corrected chi connectivity index (χ2v) is 9.68. The number of halogens is 1. The Morgan fingerprint density at radius 3 is 2.52 bits per heavy atom. The normalized spacial score (nSPS) is 11.0. The monoisotopic (exact) mass is 486 g/mol. The first kappa shape index (κ1) is 24.2. The number of para-hydroxylation sites is 1. The SMILES string of the molecule is Cc1cc(Cl)ccc1N(CC(=O)Nc1ccccc1C(=O)NCc1cccnc1)S(C)(=O)=O. The number of aryl methyl sites for hydroxylation is 1. The summed E-state index contributed by atoms with van der Waals surface area (Å²) in [7, 11) is -3.76. The van der Waals surface area contributed by atoms with Gasteiger partial charge < -0.3 is 10.6 Å². The van der Waals surface area contributed by atoms with Crippen LogP contribution in [0.3, 0.4) is 0 Å². The average molecular weight is 487 g/mol. The van der Waals surface area contributed by atoms with Crippen molar-refractivity contribution in [2.45, 2.75) is 13.5 Å². The lowest BCUT2D eigenvalue weighted by Crippen LogP contribution is -2.38. The summed E-state index contributed by atoms with van der Waals surface area (Å²) >= 11 is 5.97. The number of amides is 2. The summed E-state index contributed by atoms with van der Waals surface area (Å²) in [4.78, 5) is 29.5. The number of hydrogen-bond acceptors (Lipinski definition) is 5. The van der Waals surface area contributed by atoms with Crippen LogP contribution >= 0.6 is 11.6 Å². The molecule has 0 saturated heterocycles. The molecule has 0 aliphatic carbocycles. The van der Waals surface area contributed by atoms with Crippen LogP contribution in [0.5, 0.6) is 0 Å². The van der Waals surface area contributed by atoms with Crippen LogP contribution in [0, 0.1) is 6.92 Å².